The van der Waals surface area contributed by atoms with Crippen molar-refractivity contribution in [1.29, 1.82) is 0 Å². The third kappa shape index (κ3) is 4.59. The number of aromatic nitrogens is 1. The molecule has 3 rings (SSSR count). The molecule has 3 atom stereocenters. The van der Waals surface area contributed by atoms with E-state index in [2.05, 4.69) is 48.1 Å². The molecule has 1 saturated heterocycles. The van der Waals surface area contributed by atoms with Gasteiger partial charge in [0.05, 0.1) is 6.61 Å². The SMILES string of the molecule is CC(C)C#Cc1ccc([C@@H]2[C@H](CN(C)C(=O)c3ccccn3)N[C@@H]2CO)cc1. The number of carbonyl (C=O) groups is 1. The molecular weight excluding hydrogens is 350 g/mol. The molecule has 0 bridgehead atoms. The van der Waals surface area contributed by atoms with Gasteiger partial charge in [-0.3, -0.25) is 9.78 Å². The van der Waals surface area contributed by atoms with Crippen LogP contribution in [0.5, 0.6) is 0 Å². The lowest BCUT2D eigenvalue weighted by atomic mass is 9.77. The normalized spacial score (nSPS) is 20.8. The number of rotatable bonds is 5. The Kier molecular flexibility index (Phi) is 6.45. The van der Waals surface area contributed by atoms with Crippen LogP contribution in [-0.4, -0.2) is 53.2 Å². The van der Waals surface area contributed by atoms with Crippen molar-refractivity contribution in [3.8, 4) is 11.8 Å². The molecule has 1 aromatic heterocycles. The minimum Gasteiger partial charge on any atom is -0.395 e. The highest BCUT2D eigenvalue weighted by atomic mass is 16.3. The predicted molar refractivity (Wildman–Crippen MR) is 110 cm³/mol. The number of hydrogen-bond donors (Lipinski definition) is 2. The summed E-state index contributed by atoms with van der Waals surface area (Å²) in [5, 5.41) is 13.1. The molecule has 2 aromatic rings. The molecule has 0 spiro atoms. The molecule has 28 heavy (non-hydrogen) atoms. The van der Waals surface area contributed by atoms with Crippen LogP contribution in [0, 0.1) is 17.8 Å². The molecule has 5 heteroatoms. The summed E-state index contributed by atoms with van der Waals surface area (Å²) >= 11 is 0. The molecule has 2 N–H and O–H groups in total. The van der Waals surface area contributed by atoms with E-state index in [-0.39, 0.29) is 30.5 Å². The Morgan fingerprint density at radius 1 is 1.21 bits per heavy atom. The highest BCUT2D eigenvalue weighted by molar-refractivity contribution is 5.92. The fourth-order valence-corrected chi connectivity index (χ4v) is 3.52. The number of aliphatic hydroxyl groups is 1. The van der Waals surface area contributed by atoms with E-state index in [1.54, 1.807) is 30.3 Å². The zero-order chi connectivity index (χ0) is 20.1. The van der Waals surface area contributed by atoms with E-state index in [4.69, 9.17) is 0 Å². The second-order valence-electron chi connectivity index (χ2n) is 7.53. The predicted octanol–water partition coefficient (Wildman–Crippen LogP) is 2.28. The molecule has 1 aromatic carbocycles. The Morgan fingerprint density at radius 2 is 1.96 bits per heavy atom. The van der Waals surface area contributed by atoms with E-state index in [0.717, 1.165) is 11.1 Å². The molecule has 1 aliphatic heterocycles. The Balaban J connectivity index is 1.69. The van der Waals surface area contributed by atoms with Crippen LogP contribution in [0.2, 0.25) is 0 Å². The van der Waals surface area contributed by atoms with Crippen molar-refractivity contribution in [3.05, 3.63) is 65.5 Å². The number of amides is 1. The number of nitrogens with zero attached hydrogens (tertiary/aromatic N) is 2. The number of benzene rings is 1. The Hall–Kier alpha value is -2.68. The second kappa shape index (κ2) is 9.01. The van der Waals surface area contributed by atoms with Crippen LogP contribution in [0.4, 0.5) is 0 Å². The van der Waals surface area contributed by atoms with Crippen molar-refractivity contribution >= 4 is 5.91 Å². The van der Waals surface area contributed by atoms with E-state index in [0.29, 0.717) is 18.2 Å². The first kappa shape index (κ1) is 20.1. The van der Waals surface area contributed by atoms with Crippen LogP contribution in [0.15, 0.2) is 48.7 Å². The topological polar surface area (TPSA) is 65.5 Å². The van der Waals surface area contributed by atoms with E-state index in [1.165, 1.54) is 0 Å². The number of hydrogen-bond acceptors (Lipinski definition) is 4. The summed E-state index contributed by atoms with van der Waals surface area (Å²) in [4.78, 5) is 18.4. The van der Waals surface area contributed by atoms with Gasteiger partial charge in [0, 0.05) is 49.3 Å². The van der Waals surface area contributed by atoms with Crippen LogP contribution < -0.4 is 5.32 Å². The lowest BCUT2D eigenvalue weighted by Crippen LogP contribution is -2.64. The average Bonchev–Trinajstić information content (AvgIpc) is 2.70. The van der Waals surface area contributed by atoms with Gasteiger partial charge in [-0.15, -0.1) is 0 Å². The number of carbonyl (C=O) groups excluding carboxylic acids is 1. The van der Waals surface area contributed by atoms with Gasteiger partial charge in [0.2, 0.25) is 0 Å². The molecule has 5 nitrogen and oxygen atoms in total. The zero-order valence-electron chi connectivity index (χ0n) is 16.6. The molecule has 2 heterocycles. The molecular formula is C23H27N3O2. The fourth-order valence-electron chi connectivity index (χ4n) is 3.52. The summed E-state index contributed by atoms with van der Waals surface area (Å²) < 4.78 is 0. The van der Waals surface area contributed by atoms with Gasteiger partial charge in [0.25, 0.3) is 5.91 Å². The Bertz CT molecular complexity index is 853. The van der Waals surface area contributed by atoms with Crippen molar-refractivity contribution in [3.63, 3.8) is 0 Å². The quantitative estimate of drug-likeness (QED) is 0.785. The first-order chi connectivity index (χ1) is 13.5. The second-order valence-corrected chi connectivity index (χ2v) is 7.53. The monoisotopic (exact) mass is 377 g/mol. The fraction of sp³-hybridized carbons (Fsp3) is 0.391. The van der Waals surface area contributed by atoms with Crippen molar-refractivity contribution in [1.82, 2.24) is 15.2 Å². The third-order valence-corrected chi connectivity index (χ3v) is 4.99. The van der Waals surface area contributed by atoms with Crippen LogP contribution in [-0.2, 0) is 0 Å². The molecule has 0 aliphatic carbocycles. The minimum atomic E-state index is -0.104. The maximum absolute atomic E-state index is 12.6. The average molecular weight is 377 g/mol. The summed E-state index contributed by atoms with van der Waals surface area (Å²) in [7, 11) is 1.78. The van der Waals surface area contributed by atoms with Crippen LogP contribution in [0.3, 0.4) is 0 Å². The van der Waals surface area contributed by atoms with Gasteiger partial charge in [-0.1, -0.05) is 43.9 Å². The number of nitrogens with one attached hydrogen (secondary N) is 1. The highest BCUT2D eigenvalue weighted by Crippen LogP contribution is 2.32. The number of likely N-dealkylation sites (N-methyl/N-ethyl adjacent to an activating group) is 1. The molecule has 0 unspecified atom stereocenters. The third-order valence-electron chi connectivity index (χ3n) is 4.99. The zero-order valence-corrected chi connectivity index (χ0v) is 16.6. The van der Waals surface area contributed by atoms with E-state index < -0.39 is 0 Å². The molecule has 0 saturated carbocycles. The van der Waals surface area contributed by atoms with Crippen molar-refractivity contribution in [2.75, 3.05) is 20.2 Å². The summed E-state index contributed by atoms with van der Waals surface area (Å²) in [5.41, 5.74) is 2.58. The van der Waals surface area contributed by atoms with Gasteiger partial charge in [-0.05, 0) is 29.8 Å². The van der Waals surface area contributed by atoms with Crippen molar-refractivity contribution in [2.45, 2.75) is 31.8 Å². The maximum atomic E-state index is 12.6. The van der Waals surface area contributed by atoms with Gasteiger partial charge in [0.1, 0.15) is 5.69 Å². The minimum absolute atomic E-state index is 0.00375. The summed E-state index contributed by atoms with van der Waals surface area (Å²) in [6, 6.07) is 13.6. The molecule has 1 fully saturated rings. The van der Waals surface area contributed by atoms with Crippen molar-refractivity contribution < 1.29 is 9.90 Å². The largest absolute Gasteiger partial charge is 0.395 e. The summed E-state index contributed by atoms with van der Waals surface area (Å²) in [6.07, 6.45) is 1.62. The lowest BCUT2D eigenvalue weighted by Gasteiger charge is -2.47. The van der Waals surface area contributed by atoms with Crippen LogP contribution in [0.25, 0.3) is 0 Å². The maximum Gasteiger partial charge on any atom is 0.272 e. The van der Waals surface area contributed by atoms with Crippen LogP contribution in [0.1, 0.15) is 41.4 Å². The van der Waals surface area contributed by atoms with Gasteiger partial charge in [-0.2, -0.15) is 0 Å². The van der Waals surface area contributed by atoms with E-state index in [1.807, 2.05) is 18.2 Å². The van der Waals surface area contributed by atoms with Gasteiger partial charge >= 0.3 is 0 Å². The Labute approximate surface area is 166 Å². The van der Waals surface area contributed by atoms with Crippen molar-refractivity contribution in [2.24, 2.45) is 5.92 Å². The summed E-state index contributed by atoms with van der Waals surface area (Å²) in [6.45, 7) is 4.75. The van der Waals surface area contributed by atoms with Gasteiger partial charge < -0.3 is 15.3 Å². The van der Waals surface area contributed by atoms with Gasteiger partial charge in [0.15, 0.2) is 0 Å². The molecule has 1 amide bonds. The molecule has 146 valence electrons. The smallest absolute Gasteiger partial charge is 0.272 e. The molecule has 0 radical (unpaired) electrons. The summed E-state index contributed by atoms with van der Waals surface area (Å²) in [5.74, 6) is 6.73. The highest BCUT2D eigenvalue weighted by Gasteiger charge is 2.41. The molecule has 1 aliphatic rings. The number of pyridine rings is 1. The lowest BCUT2D eigenvalue weighted by molar-refractivity contribution is 0.0678. The van der Waals surface area contributed by atoms with Crippen LogP contribution >= 0.6 is 0 Å². The standard InChI is InChI=1S/C23H27N3O2/c1-16(2)7-8-17-9-11-18(12-10-17)22-20(25-21(22)15-27)14-26(3)23(28)19-6-4-5-13-24-19/h4-6,9-13,16,20-22,25,27H,14-15H2,1-3H3/t20-,21+,22+/m0/s1. The first-order valence-electron chi connectivity index (χ1n) is 9.64. The van der Waals surface area contributed by atoms with Gasteiger partial charge in [-0.25, -0.2) is 0 Å². The van der Waals surface area contributed by atoms with E-state index >= 15 is 0 Å². The number of aliphatic hydroxyl groups excluding tert-OH is 1. The Morgan fingerprint density at radius 3 is 2.57 bits per heavy atom. The van der Waals surface area contributed by atoms with E-state index in [9.17, 15) is 9.90 Å². The first-order valence-corrected chi connectivity index (χ1v) is 9.64.